The summed E-state index contributed by atoms with van der Waals surface area (Å²) in [7, 11) is 1.65. The van der Waals surface area contributed by atoms with Crippen LogP contribution < -0.4 is 15.2 Å². The molecule has 0 aliphatic rings. The lowest BCUT2D eigenvalue weighted by atomic mass is 10.1. The van der Waals surface area contributed by atoms with E-state index in [1.54, 1.807) is 7.11 Å². The van der Waals surface area contributed by atoms with Crippen molar-refractivity contribution in [2.75, 3.05) is 12.8 Å². The number of benzene rings is 2. The summed E-state index contributed by atoms with van der Waals surface area (Å²) in [5, 5.41) is 1.08. The minimum atomic E-state index is 0.477. The van der Waals surface area contributed by atoms with Crippen molar-refractivity contribution in [3.8, 4) is 11.5 Å². The molecule has 114 valence electrons. The van der Waals surface area contributed by atoms with Crippen molar-refractivity contribution < 1.29 is 9.47 Å². The zero-order valence-electron chi connectivity index (χ0n) is 12.9. The van der Waals surface area contributed by atoms with Gasteiger partial charge in [0.25, 0.3) is 0 Å². The molecule has 1 aromatic heterocycles. The van der Waals surface area contributed by atoms with Gasteiger partial charge in [0.2, 0.25) is 0 Å². The predicted molar refractivity (Wildman–Crippen MR) is 89.4 cm³/mol. The third-order valence-corrected chi connectivity index (χ3v) is 3.79. The standard InChI is InChI=1S/C18H20N2O2/c1-3-20-11-13(18-16(19)8-5-9-17(18)20)12-22-15-7-4-6-14(10-15)21-2/h4-11H,3,12,19H2,1-2H3. The second-order valence-electron chi connectivity index (χ2n) is 5.15. The number of hydrogen-bond donors (Lipinski definition) is 1. The fraction of sp³-hybridized carbons (Fsp3) is 0.222. The first-order valence-corrected chi connectivity index (χ1v) is 7.36. The Kier molecular flexibility index (Phi) is 3.92. The molecular weight excluding hydrogens is 276 g/mol. The summed E-state index contributed by atoms with van der Waals surface area (Å²) in [4.78, 5) is 0. The van der Waals surface area contributed by atoms with E-state index in [0.29, 0.717) is 6.61 Å². The van der Waals surface area contributed by atoms with Crippen LogP contribution in [0.15, 0.2) is 48.7 Å². The second kappa shape index (κ2) is 6.02. The molecule has 0 bridgehead atoms. The average Bonchev–Trinajstić information content (AvgIpc) is 2.92. The minimum absolute atomic E-state index is 0.477. The van der Waals surface area contributed by atoms with E-state index in [1.807, 2.05) is 36.4 Å². The molecule has 0 spiro atoms. The molecule has 0 saturated heterocycles. The summed E-state index contributed by atoms with van der Waals surface area (Å²) >= 11 is 0. The first-order valence-electron chi connectivity index (χ1n) is 7.36. The molecule has 0 fully saturated rings. The number of aromatic nitrogens is 1. The monoisotopic (exact) mass is 296 g/mol. The number of hydrogen-bond acceptors (Lipinski definition) is 3. The van der Waals surface area contributed by atoms with Gasteiger partial charge >= 0.3 is 0 Å². The molecule has 2 aromatic carbocycles. The van der Waals surface area contributed by atoms with Crippen molar-refractivity contribution in [3.05, 3.63) is 54.2 Å². The largest absolute Gasteiger partial charge is 0.497 e. The van der Waals surface area contributed by atoms with Gasteiger partial charge in [0.05, 0.1) is 12.6 Å². The van der Waals surface area contributed by atoms with Crippen LogP contribution in [0.5, 0.6) is 11.5 Å². The number of nitrogens with zero attached hydrogens (tertiary/aromatic N) is 1. The molecule has 0 radical (unpaired) electrons. The van der Waals surface area contributed by atoms with Crippen LogP contribution >= 0.6 is 0 Å². The maximum absolute atomic E-state index is 6.15. The van der Waals surface area contributed by atoms with E-state index in [0.717, 1.165) is 40.2 Å². The summed E-state index contributed by atoms with van der Waals surface area (Å²) in [6.45, 7) is 3.50. The lowest BCUT2D eigenvalue weighted by Crippen LogP contribution is -1.96. The zero-order chi connectivity index (χ0) is 15.5. The Labute approximate surface area is 130 Å². The zero-order valence-corrected chi connectivity index (χ0v) is 12.9. The molecule has 4 nitrogen and oxygen atoms in total. The molecule has 0 amide bonds. The Morgan fingerprint density at radius 2 is 1.86 bits per heavy atom. The Morgan fingerprint density at radius 1 is 1.09 bits per heavy atom. The summed E-state index contributed by atoms with van der Waals surface area (Å²) in [6, 6.07) is 13.6. The van der Waals surface area contributed by atoms with Crippen molar-refractivity contribution in [2.24, 2.45) is 0 Å². The number of methoxy groups -OCH3 is 1. The minimum Gasteiger partial charge on any atom is -0.497 e. The van der Waals surface area contributed by atoms with E-state index in [-0.39, 0.29) is 0 Å². The van der Waals surface area contributed by atoms with Gasteiger partial charge in [0, 0.05) is 35.4 Å². The normalized spacial score (nSPS) is 10.8. The fourth-order valence-electron chi connectivity index (χ4n) is 2.69. The Morgan fingerprint density at radius 3 is 2.64 bits per heavy atom. The lowest BCUT2D eigenvalue weighted by Gasteiger charge is -2.07. The molecule has 3 rings (SSSR count). The first kappa shape index (κ1) is 14.3. The van der Waals surface area contributed by atoms with Gasteiger partial charge in [0.15, 0.2) is 0 Å². The summed E-state index contributed by atoms with van der Waals surface area (Å²) in [6.07, 6.45) is 2.11. The van der Waals surface area contributed by atoms with Crippen molar-refractivity contribution in [2.45, 2.75) is 20.1 Å². The third-order valence-electron chi connectivity index (χ3n) is 3.79. The second-order valence-corrected chi connectivity index (χ2v) is 5.15. The van der Waals surface area contributed by atoms with Crippen LogP contribution in [-0.4, -0.2) is 11.7 Å². The van der Waals surface area contributed by atoms with Crippen LogP contribution in [0.4, 0.5) is 5.69 Å². The summed E-state index contributed by atoms with van der Waals surface area (Å²) < 4.78 is 13.3. The highest BCUT2D eigenvalue weighted by atomic mass is 16.5. The van der Waals surface area contributed by atoms with Gasteiger partial charge < -0.3 is 19.8 Å². The van der Waals surface area contributed by atoms with E-state index in [4.69, 9.17) is 15.2 Å². The molecule has 1 heterocycles. The number of ether oxygens (including phenoxy) is 2. The highest BCUT2D eigenvalue weighted by Gasteiger charge is 2.11. The number of nitrogens with two attached hydrogens (primary N) is 1. The maximum atomic E-state index is 6.15. The third kappa shape index (κ3) is 2.60. The Balaban J connectivity index is 1.90. The molecule has 0 unspecified atom stereocenters. The molecule has 22 heavy (non-hydrogen) atoms. The number of aryl methyl sites for hydroxylation is 1. The fourth-order valence-corrected chi connectivity index (χ4v) is 2.69. The van der Waals surface area contributed by atoms with Crippen LogP contribution in [0.25, 0.3) is 10.9 Å². The van der Waals surface area contributed by atoms with Crippen molar-refractivity contribution in [3.63, 3.8) is 0 Å². The van der Waals surface area contributed by atoms with E-state index in [1.165, 1.54) is 0 Å². The molecule has 4 heteroatoms. The van der Waals surface area contributed by atoms with Crippen LogP contribution in [0.2, 0.25) is 0 Å². The van der Waals surface area contributed by atoms with Crippen LogP contribution in [-0.2, 0) is 13.2 Å². The smallest absolute Gasteiger partial charge is 0.123 e. The van der Waals surface area contributed by atoms with E-state index < -0.39 is 0 Å². The van der Waals surface area contributed by atoms with Crippen LogP contribution in [0.3, 0.4) is 0 Å². The molecular formula is C18H20N2O2. The summed E-state index contributed by atoms with van der Waals surface area (Å²) in [5.74, 6) is 1.57. The Hall–Kier alpha value is -2.62. The highest BCUT2D eigenvalue weighted by molar-refractivity contribution is 5.94. The molecule has 0 saturated carbocycles. The van der Waals surface area contributed by atoms with Gasteiger partial charge in [-0.3, -0.25) is 0 Å². The molecule has 0 aliphatic heterocycles. The van der Waals surface area contributed by atoms with Gasteiger partial charge in [-0.05, 0) is 31.2 Å². The Bertz CT molecular complexity index is 793. The first-order chi connectivity index (χ1) is 10.7. The number of fused-ring (bicyclic) bond motifs is 1. The van der Waals surface area contributed by atoms with Gasteiger partial charge in [-0.15, -0.1) is 0 Å². The number of nitrogen functional groups attached to an aromatic ring is 1. The molecule has 0 atom stereocenters. The summed E-state index contributed by atoms with van der Waals surface area (Å²) in [5.41, 5.74) is 9.18. The quantitative estimate of drug-likeness (QED) is 0.728. The highest BCUT2D eigenvalue weighted by Crippen LogP contribution is 2.28. The van der Waals surface area contributed by atoms with Crippen LogP contribution in [0, 0.1) is 0 Å². The molecule has 2 N–H and O–H groups in total. The van der Waals surface area contributed by atoms with Crippen molar-refractivity contribution >= 4 is 16.6 Å². The molecule has 0 aliphatic carbocycles. The lowest BCUT2D eigenvalue weighted by molar-refractivity contribution is 0.305. The van der Waals surface area contributed by atoms with Gasteiger partial charge in [0.1, 0.15) is 18.1 Å². The SMILES string of the molecule is CCn1cc(COc2cccc(OC)c2)c2c(N)cccc21. The topological polar surface area (TPSA) is 49.4 Å². The van der Waals surface area contributed by atoms with E-state index >= 15 is 0 Å². The number of rotatable bonds is 5. The number of anilines is 1. The molecule has 3 aromatic rings. The van der Waals surface area contributed by atoms with Gasteiger partial charge in [-0.2, -0.15) is 0 Å². The maximum Gasteiger partial charge on any atom is 0.123 e. The average molecular weight is 296 g/mol. The van der Waals surface area contributed by atoms with Crippen LogP contribution in [0.1, 0.15) is 12.5 Å². The van der Waals surface area contributed by atoms with Crippen molar-refractivity contribution in [1.82, 2.24) is 4.57 Å². The van der Waals surface area contributed by atoms with Gasteiger partial charge in [-0.1, -0.05) is 12.1 Å². The van der Waals surface area contributed by atoms with Crippen molar-refractivity contribution in [1.29, 1.82) is 0 Å². The predicted octanol–water partition coefficient (Wildman–Crippen LogP) is 3.83. The van der Waals surface area contributed by atoms with E-state index in [9.17, 15) is 0 Å². The van der Waals surface area contributed by atoms with E-state index in [2.05, 4.69) is 23.8 Å². The van der Waals surface area contributed by atoms with Gasteiger partial charge in [-0.25, -0.2) is 0 Å².